The Balaban J connectivity index is 2.07. The van der Waals surface area contributed by atoms with Crippen LogP contribution >= 0.6 is 0 Å². The lowest BCUT2D eigenvalue weighted by molar-refractivity contribution is -0.384. The van der Waals surface area contributed by atoms with Crippen molar-refractivity contribution in [3.8, 4) is 11.3 Å². The fourth-order valence-corrected chi connectivity index (χ4v) is 1.68. The van der Waals surface area contributed by atoms with Crippen LogP contribution in [0.4, 0.5) is 5.69 Å². The van der Waals surface area contributed by atoms with Crippen LogP contribution in [-0.4, -0.2) is 17.5 Å². The van der Waals surface area contributed by atoms with Gasteiger partial charge in [-0.25, -0.2) is 4.79 Å². The highest BCUT2D eigenvalue weighted by molar-refractivity contribution is 5.86. The Kier molecular flexibility index (Phi) is 4.87. The van der Waals surface area contributed by atoms with E-state index in [-0.39, 0.29) is 12.3 Å². The second-order valence-electron chi connectivity index (χ2n) is 4.26. The molecule has 0 N–H and O–H groups in total. The molecule has 6 nitrogen and oxygen atoms in total. The molecule has 0 bridgehead atoms. The summed E-state index contributed by atoms with van der Waals surface area (Å²) in [6.07, 6.45) is 4.22. The van der Waals surface area contributed by atoms with Crippen LogP contribution in [0.3, 0.4) is 0 Å². The van der Waals surface area contributed by atoms with Crippen molar-refractivity contribution in [3.63, 3.8) is 0 Å². The highest BCUT2D eigenvalue weighted by Gasteiger charge is 2.07. The Labute approximate surface area is 126 Å². The third-order valence-electron chi connectivity index (χ3n) is 2.72. The zero-order valence-corrected chi connectivity index (χ0v) is 11.6. The molecule has 0 amide bonds. The van der Waals surface area contributed by atoms with E-state index >= 15 is 0 Å². The molecular formula is C16H13NO5. The van der Waals surface area contributed by atoms with Crippen molar-refractivity contribution in [2.24, 2.45) is 0 Å². The van der Waals surface area contributed by atoms with Crippen LogP contribution in [0, 0.1) is 10.1 Å². The zero-order valence-electron chi connectivity index (χ0n) is 11.6. The molecule has 0 unspecified atom stereocenters. The van der Waals surface area contributed by atoms with E-state index < -0.39 is 10.9 Å². The third kappa shape index (κ3) is 3.92. The minimum absolute atomic E-state index is 0.0142. The van der Waals surface area contributed by atoms with Crippen molar-refractivity contribution < 1.29 is 18.9 Å². The van der Waals surface area contributed by atoms with Crippen LogP contribution in [-0.2, 0) is 9.53 Å². The average Bonchev–Trinajstić information content (AvgIpc) is 3.00. The monoisotopic (exact) mass is 299 g/mol. The standard InChI is InChI=1S/C16H13NO5/c1-2-11-21-16(18)10-8-14-7-9-15(22-14)12-3-5-13(6-4-12)17(19)20/h2-10H,1,11H2. The number of nitro groups is 1. The first-order chi connectivity index (χ1) is 10.6. The highest BCUT2D eigenvalue weighted by Crippen LogP contribution is 2.24. The SMILES string of the molecule is C=CCOC(=O)C=Cc1ccc(-c2ccc([N+](=O)[O-])cc2)o1. The molecule has 0 aliphatic heterocycles. The van der Waals surface area contributed by atoms with Gasteiger partial charge in [0, 0.05) is 23.8 Å². The molecule has 2 rings (SSSR count). The smallest absolute Gasteiger partial charge is 0.331 e. The van der Waals surface area contributed by atoms with Gasteiger partial charge in [-0.2, -0.15) is 0 Å². The third-order valence-corrected chi connectivity index (χ3v) is 2.72. The Hall–Kier alpha value is -3.15. The van der Waals surface area contributed by atoms with E-state index in [1.165, 1.54) is 30.4 Å². The summed E-state index contributed by atoms with van der Waals surface area (Å²) >= 11 is 0. The van der Waals surface area contributed by atoms with Crippen LogP contribution in [0.25, 0.3) is 17.4 Å². The average molecular weight is 299 g/mol. The van der Waals surface area contributed by atoms with E-state index in [0.29, 0.717) is 17.1 Å². The second-order valence-corrected chi connectivity index (χ2v) is 4.26. The van der Waals surface area contributed by atoms with Crippen molar-refractivity contribution in [2.75, 3.05) is 6.61 Å². The predicted molar refractivity (Wildman–Crippen MR) is 81.0 cm³/mol. The molecule has 1 aromatic carbocycles. The Morgan fingerprint density at radius 1 is 1.27 bits per heavy atom. The van der Waals surface area contributed by atoms with Gasteiger partial charge in [0.05, 0.1) is 4.92 Å². The number of hydrogen-bond donors (Lipinski definition) is 0. The minimum Gasteiger partial charge on any atom is -0.458 e. The van der Waals surface area contributed by atoms with Gasteiger partial charge in [-0.15, -0.1) is 0 Å². The van der Waals surface area contributed by atoms with Crippen LogP contribution in [0.1, 0.15) is 5.76 Å². The molecule has 112 valence electrons. The summed E-state index contributed by atoms with van der Waals surface area (Å²) in [6, 6.07) is 9.41. The van der Waals surface area contributed by atoms with Gasteiger partial charge in [0.15, 0.2) is 0 Å². The van der Waals surface area contributed by atoms with E-state index in [1.807, 2.05) is 0 Å². The van der Waals surface area contributed by atoms with Gasteiger partial charge in [-0.3, -0.25) is 10.1 Å². The Morgan fingerprint density at radius 2 is 2.00 bits per heavy atom. The molecule has 0 radical (unpaired) electrons. The summed E-state index contributed by atoms with van der Waals surface area (Å²) in [4.78, 5) is 21.4. The van der Waals surface area contributed by atoms with E-state index in [4.69, 9.17) is 9.15 Å². The van der Waals surface area contributed by atoms with Crippen LogP contribution < -0.4 is 0 Å². The van der Waals surface area contributed by atoms with Gasteiger partial charge in [0.25, 0.3) is 5.69 Å². The first-order valence-electron chi connectivity index (χ1n) is 6.40. The molecule has 1 heterocycles. The maximum Gasteiger partial charge on any atom is 0.331 e. The second kappa shape index (κ2) is 7.03. The molecular weight excluding hydrogens is 286 g/mol. The lowest BCUT2D eigenvalue weighted by Crippen LogP contribution is -1.99. The molecule has 6 heteroatoms. The fraction of sp³-hybridized carbons (Fsp3) is 0.0625. The van der Waals surface area contributed by atoms with Crippen LogP contribution in [0.2, 0.25) is 0 Å². The summed E-state index contributed by atoms with van der Waals surface area (Å²) in [5, 5.41) is 10.6. The van der Waals surface area contributed by atoms with E-state index in [2.05, 4.69) is 6.58 Å². The van der Waals surface area contributed by atoms with Gasteiger partial charge in [0.1, 0.15) is 18.1 Å². The van der Waals surface area contributed by atoms with E-state index in [9.17, 15) is 14.9 Å². The Morgan fingerprint density at radius 3 is 2.64 bits per heavy atom. The largest absolute Gasteiger partial charge is 0.458 e. The summed E-state index contributed by atoms with van der Waals surface area (Å²) < 4.78 is 10.3. The number of esters is 1. The molecule has 1 aromatic heterocycles. The molecule has 0 atom stereocenters. The maximum atomic E-state index is 11.3. The van der Waals surface area contributed by atoms with Crippen molar-refractivity contribution >= 4 is 17.7 Å². The molecule has 0 aliphatic rings. The lowest BCUT2D eigenvalue weighted by atomic mass is 10.1. The molecule has 2 aromatic rings. The maximum absolute atomic E-state index is 11.3. The Bertz CT molecular complexity index is 712. The normalized spacial score (nSPS) is 10.5. The number of benzene rings is 1. The number of nitrogens with zero attached hydrogens (tertiary/aromatic N) is 1. The number of rotatable bonds is 6. The first kappa shape index (κ1) is 15.2. The van der Waals surface area contributed by atoms with Gasteiger partial charge in [-0.1, -0.05) is 12.7 Å². The first-order valence-corrected chi connectivity index (χ1v) is 6.40. The molecule has 0 spiro atoms. The summed E-state index contributed by atoms with van der Waals surface area (Å²) in [7, 11) is 0. The number of non-ortho nitro benzene ring substituents is 1. The number of furan rings is 1. The van der Waals surface area contributed by atoms with Crippen molar-refractivity contribution in [1.82, 2.24) is 0 Å². The molecule has 22 heavy (non-hydrogen) atoms. The van der Waals surface area contributed by atoms with E-state index in [0.717, 1.165) is 0 Å². The fourth-order valence-electron chi connectivity index (χ4n) is 1.68. The van der Waals surface area contributed by atoms with Gasteiger partial charge in [-0.05, 0) is 30.3 Å². The number of carbonyl (C=O) groups excluding carboxylic acids is 1. The number of carbonyl (C=O) groups is 1. The number of ether oxygens (including phenoxy) is 1. The predicted octanol–water partition coefficient (Wildman–Crippen LogP) is 3.60. The molecule has 0 aliphatic carbocycles. The molecule has 0 fully saturated rings. The van der Waals surface area contributed by atoms with Crippen LogP contribution in [0.5, 0.6) is 0 Å². The molecule has 0 saturated carbocycles. The number of hydrogen-bond acceptors (Lipinski definition) is 5. The van der Waals surface area contributed by atoms with Crippen molar-refractivity contribution in [2.45, 2.75) is 0 Å². The number of nitro benzene ring substituents is 1. The van der Waals surface area contributed by atoms with Gasteiger partial charge < -0.3 is 9.15 Å². The molecule has 0 saturated heterocycles. The highest BCUT2D eigenvalue weighted by atomic mass is 16.6. The van der Waals surface area contributed by atoms with Crippen molar-refractivity contribution in [1.29, 1.82) is 0 Å². The summed E-state index contributed by atoms with van der Waals surface area (Å²) in [5.41, 5.74) is 0.722. The van der Waals surface area contributed by atoms with Gasteiger partial charge in [0.2, 0.25) is 0 Å². The lowest BCUT2D eigenvalue weighted by Gasteiger charge is -1.96. The summed E-state index contributed by atoms with van der Waals surface area (Å²) in [5.74, 6) is 0.533. The van der Waals surface area contributed by atoms with Crippen molar-refractivity contribution in [3.05, 3.63) is 71.0 Å². The van der Waals surface area contributed by atoms with Gasteiger partial charge >= 0.3 is 5.97 Å². The quantitative estimate of drug-likeness (QED) is 0.267. The summed E-state index contributed by atoms with van der Waals surface area (Å²) in [6.45, 7) is 3.59. The van der Waals surface area contributed by atoms with E-state index in [1.54, 1.807) is 24.3 Å². The zero-order chi connectivity index (χ0) is 15.9. The van der Waals surface area contributed by atoms with Crippen LogP contribution in [0.15, 0.2) is 59.5 Å². The minimum atomic E-state index is -0.492. The topological polar surface area (TPSA) is 82.6 Å².